The lowest BCUT2D eigenvalue weighted by Gasteiger charge is -2.23. The van der Waals surface area contributed by atoms with Gasteiger partial charge in [0, 0.05) is 6.92 Å². The van der Waals surface area contributed by atoms with Gasteiger partial charge in [-0.25, -0.2) is 4.79 Å². The highest BCUT2D eigenvalue weighted by Crippen LogP contribution is 2.20. The zero-order valence-electron chi connectivity index (χ0n) is 15.1. The second kappa shape index (κ2) is 11.6. The van der Waals surface area contributed by atoms with E-state index in [1.165, 1.54) is 0 Å². The first-order chi connectivity index (χ1) is 11.6. The number of carbonyl (C=O) groups is 4. The van der Waals surface area contributed by atoms with E-state index in [1.807, 2.05) is 13.8 Å². The quantitative estimate of drug-likeness (QED) is 0.399. The number of hydrogen-bond donors (Lipinski definition) is 2. The third-order valence-electron chi connectivity index (χ3n) is 3.59. The van der Waals surface area contributed by atoms with Crippen molar-refractivity contribution in [2.75, 3.05) is 0 Å². The van der Waals surface area contributed by atoms with Crippen molar-refractivity contribution in [3.05, 3.63) is 0 Å². The average molecular weight is 360 g/mol. The fraction of sp³-hybridized carbons (Fsp3) is 0.765. The van der Waals surface area contributed by atoms with Gasteiger partial charge in [0.2, 0.25) is 0 Å². The summed E-state index contributed by atoms with van der Waals surface area (Å²) in [6.45, 7) is 4.98. The predicted octanol–water partition coefficient (Wildman–Crippen LogP) is 1.96. The Hall–Kier alpha value is -1.96. The summed E-state index contributed by atoms with van der Waals surface area (Å²) in [5, 5.41) is 19.2. The summed E-state index contributed by atoms with van der Waals surface area (Å²) in [6, 6.07) is 0. The Morgan fingerprint density at radius 3 is 1.84 bits per heavy atom. The fourth-order valence-corrected chi connectivity index (χ4v) is 2.24. The first-order valence-corrected chi connectivity index (χ1v) is 8.51. The van der Waals surface area contributed by atoms with Crippen LogP contribution in [-0.4, -0.2) is 45.8 Å². The minimum atomic E-state index is -2.68. The SMILES string of the molecule is CCCCC(CCCC)OC(=O)CC(O)(CC(=O)OC(C)=O)C(=O)O. The van der Waals surface area contributed by atoms with Gasteiger partial charge in [0.05, 0.1) is 12.8 Å². The summed E-state index contributed by atoms with van der Waals surface area (Å²) >= 11 is 0. The van der Waals surface area contributed by atoms with Crippen LogP contribution in [-0.2, 0) is 28.7 Å². The largest absolute Gasteiger partial charge is 0.479 e. The van der Waals surface area contributed by atoms with E-state index in [0.717, 1.165) is 32.6 Å². The van der Waals surface area contributed by atoms with E-state index in [2.05, 4.69) is 4.74 Å². The molecule has 0 aliphatic rings. The topological polar surface area (TPSA) is 127 Å². The zero-order chi connectivity index (χ0) is 19.5. The maximum atomic E-state index is 12.0. The third-order valence-corrected chi connectivity index (χ3v) is 3.59. The third kappa shape index (κ3) is 9.81. The lowest BCUT2D eigenvalue weighted by atomic mass is 9.95. The zero-order valence-corrected chi connectivity index (χ0v) is 15.1. The Morgan fingerprint density at radius 2 is 1.44 bits per heavy atom. The molecular weight excluding hydrogens is 332 g/mol. The monoisotopic (exact) mass is 360 g/mol. The highest BCUT2D eigenvalue weighted by molar-refractivity contribution is 5.91. The van der Waals surface area contributed by atoms with Crippen LogP contribution in [0.5, 0.6) is 0 Å². The molecular formula is C17H28O8. The molecule has 0 aliphatic carbocycles. The van der Waals surface area contributed by atoms with Gasteiger partial charge in [-0.2, -0.15) is 0 Å². The molecule has 0 radical (unpaired) electrons. The normalized spacial score (nSPS) is 13.2. The van der Waals surface area contributed by atoms with Gasteiger partial charge < -0.3 is 19.7 Å². The van der Waals surface area contributed by atoms with E-state index < -0.39 is 42.3 Å². The Balaban J connectivity index is 4.86. The van der Waals surface area contributed by atoms with Crippen LogP contribution in [0.25, 0.3) is 0 Å². The number of carboxylic acid groups (broad SMARTS) is 1. The molecule has 0 amide bonds. The van der Waals surface area contributed by atoms with Gasteiger partial charge in [-0.3, -0.25) is 14.4 Å². The van der Waals surface area contributed by atoms with E-state index >= 15 is 0 Å². The smallest absolute Gasteiger partial charge is 0.336 e. The number of carbonyl (C=O) groups excluding carboxylic acids is 3. The lowest BCUT2D eigenvalue weighted by molar-refractivity contribution is -0.176. The molecule has 0 aromatic carbocycles. The molecule has 0 aromatic rings. The predicted molar refractivity (Wildman–Crippen MR) is 87.5 cm³/mol. The minimum absolute atomic E-state index is 0.352. The first kappa shape index (κ1) is 23.0. The molecule has 0 fully saturated rings. The number of hydrogen-bond acceptors (Lipinski definition) is 7. The van der Waals surface area contributed by atoms with Crippen LogP contribution in [0.15, 0.2) is 0 Å². The van der Waals surface area contributed by atoms with Crippen LogP contribution in [0.1, 0.15) is 72.1 Å². The summed E-state index contributed by atoms with van der Waals surface area (Å²) < 4.78 is 9.49. The molecule has 1 atom stereocenters. The summed E-state index contributed by atoms with van der Waals surface area (Å²) in [4.78, 5) is 45.5. The standard InChI is InChI=1S/C17H28O8/c1-4-6-8-13(9-7-5-2)25-15(20)11-17(23,16(21)22)10-14(19)24-12(3)18/h13,23H,4-11H2,1-3H3,(H,21,22). The maximum absolute atomic E-state index is 12.0. The summed E-state index contributed by atoms with van der Waals surface area (Å²) in [7, 11) is 0. The van der Waals surface area contributed by atoms with Crippen molar-refractivity contribution in [2.24, 2.45) is 0 Å². The van der Waals surface area contributed by atoms with Crippen molar-refractivity contribution in [1.82, 2.24) is 0 Å². The molecule has 0 heterocycles. The van der Waals surface area contributed by atoms with Crippen molar-refractivity contribution >= 4 is 23.9 Å². The maximum Gasteiger partial charge on any atom is 0.336 e. The van der Waals surface area contributed by atoms with Gasteiger partial charge in [0.25, 0.3) is 0 Å². The number of aliphatic hydroxyl groups is 1. The van der Waals surface area contributed by atoms with E-state index in [4.69, 9.17) is 9.84 Å². The number of carboxylic acids is 1. The Bertz CT molecular complexity index is 465. The summed E-state index contributed by atoms with van der Waals surface area (Å²) in [5.74, 6) is -4.82. The second-order valence-corrected chi connectivity index (χ2v) is 6.05. The molecule has 0 saturated carbocycles. The molecule has 0 aromatic heterocycles. The fourth-order valence-electron chi connectivity index (χ4n) is 2.24. The molecule has 0 saturated heterocycles. The second-order valence-electron chi connectivity index (χ2n) is 6.05. The molecule has 25 heavy (non-hydrogen) atoms. The highest BCUT2D eigenvalue weighted by Gasteiger charge is 2.42. The van der Waals surface area contributed by atoms with Crippen molar-refractivity contribution in [3.8, 4) is 0 Å². The lowest BCUT2D eigenvalue weighted by Crippen LogP contribution is -2.44. The molecule has 144 valence electrons. The molecule has 0 bridgehead atoms. The average Bonchev–Trinajstić information content (AvgIpc) is 2.48. The summed E-state index contributed by atoms with van der Waals surface area (Å²) in [6.07, 6.45) is 2.60. The molecule has 1 unspecified atom stereocenters. The van der Waals surface area contributed by atoms with Gasteiger partial charge in [-0.15, -0.1) is 0 Å². The van der Waals surface area contributed by atoms with Gasteiger partial charge in [0.1, 0.15) is 6.10 Å². The van der Waals surface area contributed by atoms with E-state index in [0.29, 0.717) is 12.8 Å². The molecule has 2 N–H and O–H groups in total. The number of esters is 3. The van der Waals surface area contributed by atoms with Crippen LogP contribution in [0.4, 0.5) is 0 Å². The Labute approximate surface area is 147 Å². The molecule has 0 spiro atoms. The Morgan fingerprint density at radius 1 is 0.960 bits per heavy atom. The van der Waals surface area contributed by atoms with Crippen LogP contribution in [0.2, 0.25) is 0 Å². The molecule has 0 aliphatic heterocycles. The van der Waals surface area contributed by atoms with Crippen LogP contribution in [0, 0.1) is 0 Å². The van der Waals surface area contributed by atoms with Gasteiger partial charge in [0.15, 0.2) is 5.60 Å². The van der Waals surface area contributed by atoms with Crippen LogP contribution < -0.4 is 0 Å². The molecule has 8 heteroatoms. The van der Waals surface area contributed by atoms with Gasteiger partial charge >= 0.3 is 23.9 Å². The summed E-state index contributed by atoms with van der Waals surface area (Å²) in [5.41, 5.74) is -2.68. The number of ether oxygens (including phenoxy) is 2. The van der Waals surface area contributed by atoms with E-state index in [1.54, 1.807) is 0 Å². The highest BCUT2D eigenvalue weighted by atomic mass is 16.6. The van der Waals surface area contributed by atoms with Crippen molar-refractivity contribution in [1.29, 1.82) is 0 Å². The number of unbranched alkanes of at least 4 members (excludes halogenated alkanes) is 2. The first-order valence-electron chi connectivity index (χ1n) is 8.51. The molecule has 0 rings (SSSR count). The van der Waals surface area contributed by atoms with Crippen molar-refractivity contribution in [2.45, 2.75) is 83.8 Å². The van der Waals surface area contributed by atoms with Crippen LogP contribution >= 0.6 is 0 Å². The molecule has 8 nitrogen and oxygen atoms in total. The number of aliphatic carboxylic acids is 1. The van der Waals surface area contributed by atoms with E-state index in [9.17, 15) is 24.3 Å². The van der Waals surface area contributed by atoms with Crippen molar-refractivity contribution in [3.63, 3.8) is 0 Å². The van der Waals surface area contributed by atoms with E-state index in [-0.39, 0.29) is 6.10 Å². The van der Waals surface area contributed by atoms with Crippen LogP contribution in [0.3, 0.4) is 0 Å². The Kier molecular flexibility index (Phi) is 10.7. The van der Waals surface area contributed by atoms with Gasteiger partial charge in [-0.1, -0.05) is 39.5 Å². The van der Waals surface area contributed by atoms with Gasteiger partial charge in [-0.05, 0) is 12.8 Å². The minimum Gasteiger partial charge on any atom is -0.479 e. The number of rotatable bonds is 12. The van der Waals surface area contributed by atoms with Crippen molar-refractivity contribution < 1.29 is 38.9 Å².